The van der Waals surface area contributed by atoms with Gasteiger partial charge in [0.2, 0.25) is 5.91 Å². The smallest absolute Gasteiger partial charge is 0.244 e. The van der Waals surface area contributed by atoms with E-state index >= 15 is 0 Å². The van der Waals surface area contributed by atoms with E-state index in [1.807, 2.05) is 30.3 Å². The highest BCUT2D eigenvalue weighted by molar-refractivity contribution is 7.91. The Hall–Kier alpha value is -1.62. The molecule has 0 spiro atoms. The summed E-state index contributed by atoms with van der Waals surface area (Å²) in [6.07, 6.45) is 3.62. The summed E-state index contributed by atoms with van der Waals surface area (Å²) in [6, 6.07) is 9.48. The molecule has 1 aliphatic rings. The zero-order chi connectivity index (χ0) is 13.9. The third kappa shape index (κ3) is 3.92. The predicted octanol–water partition coefficient (Wildman–Crippen LogP) is 1.39. The van der Waals surface area contributed by atoms with Crippen LogP contribution in [0.2, 0.25) is 0 Å². The molecule has 0 radical (unpaired) electrons. The van der Waals surface area contributed by atoms with Crippen LogP contribution in [0.15, 0.2) is 36.4 Å². The lowest BCUT2D eigenvalue weighted by Crippen LogP contribution is -2.46. The van der Waals surface area contributed by atoms with Gasteiger partial charge in [-0.1, -0.05) is 30.3 Å². The minimum absolute atomic E-state index is 0.0188. The van der Waals surface area contributed by atoms with Crippen LogP contribution in [0.3, 0.4) is 0 Å². The molecular formula is C14H17NO3S. The molecule has 1 saturated heterocycles. The maximum Gasteiger partial charge on any atom is 0.244 e. The first-order valence-electron chi connectivity index (χ1n) is 6.14. The average molecular weight is 279 g/mol. The van der Waals surface area contributed by atoms with E-state index in [2.05, 4.69) is 5.32 Å². The third-order valence-electron chi connectivity index (χ3n) is 3.16. The van der Waals surface area contributed by atoms with Gasteiger partial charge in [0, 0.05) is 6.08 Å². The topological polar surface area (TPSA) is 63.2 Å². The second kappa shape index (κ2) is 5.17. The Bertz CT molecular complexity index is 592. The molecule has 0 aliphatic carbocycles. The van der Waals surface area contributed by atoms with Crippen LogP contribution < -0.4 is 5.32 Å². The largest absolute Gasteiger partial charge is 0.346 e. The van der Waals surface area contributed by atoms with Gasteiger partial charge >= 0.3 is 0 Å². The van der Waals surface area contributed by atoms with Crippen molar-refractivity contribution in [3.8, 4) is 0 Å². The number of carbonyl (C=O) groups is 1. The SMILES string of the molecule is CC1(NC(=O)C=Cc2ccccc2)CCS(=O)(=O)C1. The molecule has 1 aromatic rings. The van der Waals surface area contributed by atoms with Gasteiger partial charge in [-0.2, -0.15) is 0 Å². The Morgan fingerprint density at radius 1 is 1.32 bits per heavy atom. The molecule has 0 bridgehead atoms. The summed E-state index contributed by atoms with van der Waals surface area (Å²) >= 11 is 0. The molecule has 4 nitrogen and oxygen atoms in total. The third-order valence-corrected chi connectivity index (χ3v) is 5.06. The van der Waals surface area contributed by atoms with Crippen LogP contribution in [0.25, 0.3) is 6.08 Å². The molecule has 19 heavy (non-hydrogen) atoms. The first-order valence-corrected chi connectivity index (χ1v) is 7.96. The lowest BCUT2D eigenvalue weighted by molar-refractivity contribution is -0.117. The number of amides is 1. The van der Waals surface area contributed by atoms with E-state index in [4.69, 9.17) is 0 Å². The summed E-state index contributed by atoms with van der Waals surface area (Å²) in [5, 5.41) is 2.78. The predicted molar refractivity (Wildman–Crippen MR) is 75.3 cm³/mol. The van der Waals surface area contributed by atoms with Crippen molar-refractivity contribution in [3.05, 3.63) is 42.0 Å². The minimum atomic E-state index is -3.01. The van der Waals surface area contributed by atoms with Crippen molar-refractivity contribution in [2.45, 2.75) is 18.9 Å². The normalized spacial score (nSPS) is 25.5. The summed E-state index contributed by atoms with van der Waals surface area (Å²) in [7, 11) is -3.01. The maximum absolute atomic E-state index is 11.8. The lowest BCUT2D eigenvalue weighted by atomic mass is 10.0. The Balaban J connectivity index is 1.97. The van der Waals surface area contributed by atoms with Crippen LogP contribution in [0.4, 0.5) is 0 Å². The van der Waals surface area contributed by atoms with Gasteiger partial charge in [0.05, 0.1) is 17.0 Å². The van der Waals surface area contributed by atoms with Gasteiger partial charge in [0.1, 0.15) is 0 Å². The monoisotopic (exact) mass is 279 g/mol. The van der Waals surface area contributed by atoms with Crippen molar-refractivity contribution in [1.82, 2.24) is 5.32 Å². The van der Waals surface area contributed by atoms with Gasteiger partial charge in [-0.15, -0.1) is 0 Å². The van der Waals surface area contributed by atoms with Crippen molar-refractivity contribution < 1.29 is 13.2 Å². The lowest BCUT2D eigenvalue weighted by Gasteiger charge is -2.22. The summed E-state index contributed by atoms with van der Waals surface area (Å²) in [4.78, 5) is 11.8. The van der Waals surface area contributed by atoms with Crippen molar-refractivity contribution >= 4 is 21.8 Å². The first-order chi connectivity index (χ1) is 8.89. The number of benzene rings is 1. The number of carbonyl (C=O) groups excluding carboxylic acids is 1. The Morgan fingerprint density at radius 3 is 2.58 bits per heavy atom. The van der Waals surface area contributed by atoms with Crippen molar-refractivity contribution in [2.24, 2.45) is 0 Å². The van der Waals surface area contributed by atoms with E-state index in [9.17, 15) is 13.2 Å². The fourth-order valence-electron chi connectivity index (χ4n) is 2.18. The molecule has 2 rings (SSSR count). The zero-order valence-corrected chi connectivity index (χ0v) is 11.6. The van der Waals surface area contributed by atoms with E-state index in [0.29, 0.717) is 6.42 Å². The molecule has 1 N–H and O–H groups in total. The van der Waals surface area contributed by atoms with Crippen LogP contribution in [-0.4, -0.2) is 31.4 Å². The fraction of sp³-hybridized carbons (Fsp3) is 0.357. The highest BCUT2D eigenvalue weighted by Crippen LogP contribution is 2.22. The molecule has 1 aliphatic heterocycles. The minimum Gasteiger partial charge on any atom is -0.346 e. The van der Waals surface area contributed by atoms with Gasteiger partial charge in [-0.25, -0.2) is 8.42 Å². The maximum atomic E-state index is 11.8. The Morgan fingerprint density at radius 2 is 2.00 bits per heavy atom. The van der Waals surface area contributed by atoms with Gasteiger partial charge in [0.25, 0.3) is 0 Å². The summed E-state index contributed by atoms with van der Waals surface area (Å²) in [5.74, 6) is -0.0969. The molecular weight excluding hydrogens is 262 g/mol. The molecule has 1 heterocycles. The second-order valence-corrected chi connectivity index (χ2v) is 7.32. The number of rotatable bonds is 3. The molecule has 1 atom stereocenters. The van der Waals surface area contributed by atoms with Gasteiger partial charge in [-0.3, -0.25) is 4.79 Å². The summed E-state index contributed by atoms with van der Waals surface area (Å²) in [6.45, 7) is 1.77. The van der Waals surface area contributed by atoms with E-state index < -0.39 is 15.4 Å². The fourth-order valence-corrected chi connectivity index (χ4v) is 4.28. The van der Waals surface area contributed by atoms with E-state index in [1.165, 1.54) is 6.08 Å². The number of sulfone groups is 1. The van der Waals surface area contributed by atoms with Crippen LogP contribution in [0, 0.1) is 0 Å². The molecule has 102 valence electrons. The van der Waals surface area contributed by atoms with Crippen LogP contribution in [-0.2, 0) is 14.6 Å². The van der Waals surface area contributed by atoms with E-state index in [-0.39, 0.29) is 17.4 Å². The number of hydrogen-bond acceptors (Lipinski definition) is 3. The number of nitrogens with one attached hydrogen (secondary N) is 1. The van der Waals surface area contributed by atoms with E-state index in [0.717, 1.165) is 5.56 Å². The van der Waals surface area contributed by atoms with Gasteiger partial charge < -0.3 is 5.32 Å². The van der Waals surface area contributed by atoms with Gasteiger partial charge in [-0.05, 0) is 25.0 Å². The molecule has 0 aromatic heterocycles. The van der Waals surface area contributed by atoms with Crippen LogP contribution >= 0.6 is 0 Å². The van der Waals surface area contributed by atoms with Crippen molar-refractivity contribution in [3.63, 3.8) is 0 Å². The highest BCUT2D eigenvalue weighted by Gasteiger charge is 2.38. The Labute approximate surface area is 113 Å². The average Bonchev–Trinajstić information content (AvgIpc) is 2.62. The summed E-state index contributed by atoms with van der Waals surface area (Å²) < 4.78 is 22.9. The zero-order valence-electron chi connectivity index (χ0n) is 10.8. The summed E-state index contributed by atoms with van der Waals surface area (Å²) in [5.41, 5.74) is 0.290. The van der Waals surface area contributed by atoms with Gasteiger partial charge in [0.15, 0.2) is 9.84 Å². The standard InChI is InChI=1S/C14H17NO3S/c1-14(9-10-19(17,18)11-14)15-13(16)8-7-12-5-3-2-4-6-12/h2-8H,9-11H2,1H3,(H,15,16). The highest BCUT2D eigenvalue weighted by atomic mass is 32.2. The molecule has 1 unspecified atom stereocenters. The van der Waals surface area contributed by atoms with Crippen LogP contribution in [0.5, 0.6) is 0 Å². The molecule has 1 amide bonds. The van der Waals surface area contributed by atoms with E-state index in [1.54, 1.807) is 13.0 Å². The number of hydrogen-bond donors (Lipinski definition) is 1. The molecule has 5 heteroatoms. The quantitative estimate of drug-likeness (QED) is 0.851. The first kappa shape index (κ1) is 13.8. The second-order valence-electron chi connectivity index (χ2n) is 5.14. The molecule has 1 fully saturated rings. The Kier molecular flexibility index (Phi) is 3.75. The van der Waals surface area contributed by atoms with Crippen molar-refractivity contribution in [1.29, 1.82) is 0 Å². The van der Waals surface area contributed by atoms with Crippen molar-refractivity contribution in [2.75, 3.05) is 11.5 Å². The molecule has 0 saturated carbocycles. The molecule has 1 aromatic carbocycles. The van der Waals surface area contributed by atoms with Crippen LogP contribution in [0.1, 0.15) is 18.9 Å².